The van der Waals surface area contributed by atoms with Gasteiger partial charge in [-0.05, 0) is 80.6 Å². The van der Waals surface area contributed by atoms with Crippen molar-refractivity contribution >= 4 is 51.6 Å². The molecule has 4 fully saturated rings. The van der Waals surface area contributed by atoms with Crippen molar-refractivity contribution in [2.24, 2.45) is 5.92 Å². The molecule has 12 heteroatoms. The van der Waals surface area contributed by atoms with Gasteiger partial charge < -0.3 is 39.8 Å². The molecular formula is C38H48N9O3. The van der Waals surface area contributed by atoms with E-state index in [4.69, 9.17) is 24.4 Å². The molecule has 50 heavy (non-hydrogen) atoms. The minimum absolute atomic E-state index is 0.00474. The maximum absolute atomic E-state index is 13.5. The minimum Gasteiger partial charge on any atom is -0.380 e. The van der Waals surface area contributed by atoms with Crippen LogP contribution in [0, 0.1) is 12.3 Å². The number of aromatic nitrogens is 4. The van der Waals surface area contributed by atoms with Crippen molar-refractivity contribution in [2.45, 2.75) is 63.5 Å². The fourth-order valence-electron chi connectivity index (χ4n) is 7.80. The van der Waals surface area contributed by atoms with Gasteiger partial charge in [0.25, 0.3) is 0 Å². The maximum atomic E-state index is 13.5. The monoisotopic (exact) mass is 678 g/mol. The first-order valence-electron chi connectivity index (χ1n) is 18.5. The molecule has 2 aromatic carbocycles. The fourth-order valence-corrected chi connectivity index (χ4v) is 7.80. The van der Waals surface area contributed by atoms with Crippen LogP contribution in [0.1, 0.15) is 57.4 Å². The van der Waals surface area contributed by atoms with Crippen LogP contribution < -0.4 is 25.8 Å². The quantitative estimate of drug-likeness (QED) is 0.190. The first-order valence-corrected chi connectivity index (χ1v) is 18.5. The number of imidazole rings is 1. The summed E-state index contributed by atoms with van der Waals surface area (Å²) in [4.78, 5) is 32.9. The largest absolute Gasteiger partial charge is 0.380 e. The number of hydrogen-bond acceptors (Lipinski definition) is 10. The van der Waals surface area contributed by atoms with Gasteiger partial charge in [0.2, 0.25) is 11.9 Å². The molecule has 3 N–H and O–H groups in total. The van der Waals surface area contributed by atoms with Crippen LogP contribution in [0.3, 0.4) is 0 Å². The Morgan fingerprint density at radius 2 is 1.38 bits per heavy atom. The molecule has 2 saturated carbocycles. The Labute approximate surface area is 294 Å². The van der Waals surface area contributed by atoms with Crippen LogP contribution >= 0.6 is 0 Å². The van der Waals surface area contributed by atoms with Crippen molar-refractivity contribution < 1.29 is 14.3 Å². The molecule has 2 aliphatic carbocycles. The molecule has 0 spiro atoms. The third-order valence-electron chi connectivity index (χ3n) is 10.6. The summed E-state index contributed by atoms with van der Waals surface area (Å²) in [6, 6.07) is 17.2. The topological polar surface area (TPSA) is 122 Å². The van der Waals surface area contributed by atoms with Crippen LogP contribution in [-0.2, 0) is 14.3 Å². The Bertz CT molecular complexity index is 1730. The summed E-state index contributed by atoms with van der Waals surface area (Å²) in [5.74, 6) is 0.895. The zero-order valence-corrected chi connectivity index (χ0v) is 28.7. The Morgan fingerprint density at radius 1 is 0.740 bits per heavy atom. The van der Waals surface area contributed by atoms with Gasteiger partial charge in [0.15, 0.2) is 17.0 Å². The number of carbonyl (C=O) groups excluding carboxylic acids is 1. The van der Waals surface area contributed by atoms with Crippen LogP contribution in [0.2, 0.25) is 0 Å². The van der Waals surface area contributed by atoms with E-state index in [1.165, 1.54) is 12.1 Å². The van der Waals surface area contributed by atoms with Gasteiger partial charge in [-0.3, -0.25) is 4.79 Å². The number of benzene rings is 2. The summed E-state index contributed by atoms with van der Waals surface area (Å²) in [5.41, 5.74) is 5.66. The normalized spacial score (nSPS) is 22.0. The van der Waals surface area contributed by atoms with E-state index in [9.17, 15) is 4.79 Å². The second kappa shape index (κ2) is 15.2. The van der Waals surface area contributed by atoms with Crippen molar-refractivity contribution in [3.05, 3.63) is 61.3 Å². The van der Waals surface area contributed by atoms with Crippen molar-refractivity contribution in [1.29, 1.82) is 0 Å². The molecule has 12 nitrogen and oxygen atoms in total. The van der Waals surface area contributed by atoms with Gasteiger partial charge >= 0.3 is 0 Å². The third kappa shape index (κ3) is 7.36. The molecule has 8 rings (SSSR count). The summed E-state index contributed by atoms with van der Waals surface area (Å²) < 4.78 is 13.2. The molecule has 1 amide bonds. The number of carbonyl (C=O) groups is 1. The van der Waals surface area contributed by atoms with E-state index in [1.54, 1.807) is 0 Å². The van der Waals surface area contributed by atoms with Crippen LogP contribution in [0.15, 0.2) is 54.9 Å². The number of ether oxygens (including phenoxy) is 2. The lowest BCUT2D eigenvalue weighted by molar-refractivity contribution is -0.120. The van der Waals surface area contributed by atoms with Gasteiger partial charge in [0.05, 0.1) is 38.8 Å². The zero-order valence-electron chi connectivity index (χ0n) is 28.7. The number of anilines is 6. The van der Waals surface area contributed by atoms with Crippen LogP contribution in [0.4, 0.5) is 34.5 Å². The van der Waals surface area contributed by atoms with Gasteiger partial charge in [-0.15, -0.1) is 0 Å². The van der Waals surface area contributed by atoms with Crippen molar-refractivity contribution in [3.8, 4) is 0 Å². The van der Waals surface area contributed by atoms with E-state index in [2.05, 4.69) is 85.3 Å². The molecule has 2 saturated heterocycles. The lowest BCUT2D eigenvalue weighted by Gasteiger charge is -2.34. The predicted molar refractivity (Wildman–Crippen MR) is 197 cm³/mol. The van der Waals surface area contributed by atoms with Crippen LogP contribution in [0.25, 0.3) is 11.2 Å². The van der Waals surface area contributed by atoms with E-state index in [-0.39, 0.29) is 23.9 Å². The number of nitrogens with zero attached hydrogens (tertiary/aromatic N) is 6. The molecule has 4 aromatic rings. The Morgan fingerprint density at radius 3 is 2.04 bits per heavy atom. The molecule has 2 aromatic heterocycles. The van der Waals surface area contributed by atoms with Gasteiger partial charge in [-0.1, -0.05) is 25.7 Å². The molecule has 4 aliphatic rings. The van der Waals surface area contributed by atoms with E-state index in [0.29, 0.717) is 22.9 Å². The SMILES string of the molecule is O=C(Nc1nc(Nc2ccc(N3CCOCC3)cc2)nc2c1ncn2C1[CH]CCCC1Nc1ccc(N2CCOCC2)cc1)C1CCCCC1. The maximum Gasteiger partial charge on any atom is 0.231 e. The molecule has 2 atom stereocenters. The zero-order chi connectivity index (χ0) is 33.7. The molecule has 2 aliphatic heterocycles. The highest BCUT2D eigenvalue weighted by molar-refractivity contribution is 5.98. The average molecular weight is 679 g/mol. The Balaban J connectivity index is 1.07. The summed E-state index contributed by atoms with van der Waals surface area (Å²) in [7, 11) is 0. The van der Waals surface area contributed by atoms with Gasteiger partial charge in [0, 0.05) is 60.9 Å². The van der Waals surface area contributed by atoms with Gasteiger partial charge in [-0.25, -0.2) is 4.98 Å². The van der Waals surface area contributed by atoms with Crippen molar-refractivity contribution in [2.75, 3.05) is 78.4 Å². The Hall–Kier alpha value is -4.42. The summed E-state index contributed by atoms with van der Waals surface area (Å²) in [5, 5.41) is 10.4. The number of rotatable bonds is 9. The molecule has 0 bridgehead atoms. The summed E-state index contributed by atoms with van der Waals surface area (Å²) in [6.07, 6.45) is 12.5. The second-order valence-electron chi connectivity index (χ2n) is 13.9. The Kier molecular flexibility index (Phi) is 9.98. The highest BCUT2D eigenvalue weighted by Gasteiger charge is 2.30. The summed E-state index contributed by atoms with van der Waals surface area (Å²) in [6.45, 7) is 6.63. The number of hydrogen-bond donors (Lipinski definition) is 3. The molecular weight excluding hydrogens is 630 g/mol. The summed E-state index contributed by atoms with van der Waals surface area (Å²) >= 11 is 0. The van der Waals surface area contributed by atoms with E-state index in [0.717, 1.165) is 115 Å². The number of nitrogens with one attached hydrogen (secondary N) is 3. The molecule has 1 radical (unpaired) electrons. The van der Waals surface area contributed by atoms with E-state index < -0.39 is 0 Å². The van der Waals surface area contributed by atoms with Crippen molar-refractivity contribution in [3.63, 3.8) is 0 Å². The number of fused-ring (bicyclic) bond motifs is 1. The number of morpholine rings is 2. The van der Waals surface area contributed by atoms with Crippen LogP contribution in [-0.4, -0.2) is 84.1 Å². The number of amides is 1. The smallest absolute Gasteiger partial charge is 0.231 e. The molecule has 263 valence electrons. The van der Waals surface area contributed by atoms with E-state index >= 15 is 0 Å². The standard InChI is InChI=1S/C38H48N9O3/c48-37(27-6-2-1-3-7-27)42-35-34-36(44-38(43-35)41-29-12-16-31(17-13-29)46-20-24-50-25-21-46)47(26-39-34)33-9-5-4-8-32(33)40-28-10-14-30(15-11-28)45-18-22-49-23-19-45/h9-17,26-27,32-33,40H,1-8,18-25H2,(H2,41,42,43,44,48). The first kappa shape index (κ1) is 32.8. The van der Waals surface area contributed by atoms with Gasteiger partial charge in [0.1, 0.15) is 0 Å². The third-order valence-corrected chi connectivity index (χ3v) is 10.6. The lowest BCUT2D eigenvalue weighted by Crippen LogP contribution is -2.36. The first-order chi connectivity index (χ1) is 24.7. The minimum atomic E-state index is -0.00474. The van der Waals surface area contributed by atoms with E-state index in [1.807, 2.05) is 6.33 Å². The van der Waals surface area contributed by atoms with Gasteiger partial charge in [-0.2, -0.15) is 9.97 Å². The average Bonchev–Trinajstić information content (AvgIpc) is 3.61. The second-order valence-corrected chi connectivity index (χ2v) is 13.9. The lowest BCUT2D eigenvalue weighted by atomic mass is 9.89. The highest BCUT2D eigenvalue weighted by atomic mass is 16.5. The van der Waals surface area contributed by atoms with Crippen LogP contribution in [0.5, 0.6) is 0 Å². The fraction of sp³-hybridized carbons (Fsp3) is 0.500. The molecule has 2 unspecified atom stereocenters. The predicted octanol–water partition coefficient (Wildman–Crippen LogP) is 6.17. The van der Waals surface area contributed by atoms with Crippen molar-refractivity contribution in [1.82, 2.24) is 19.5 Å². The molecule has 4 heterocycles. The highest BCUT2D eigenvalue weighted by Crippen LogP contribution is 2.35.